The second-order valence-electron chi connectivity index (χ2n) is 5.04. The summed E-state index contributed by atoms with van der Waals surface area (Å²) in [5.41, 5.74) is 6.54. The lowest BCUT2D eigenvalue weighted by Gasteiger charge is -2.01. The second kappa shape index (κ2) is 7.02. The van der Waals surface area contributed by atoms with Gasteiger partial charge < -0.3 is 5.73 Å². The molecule has 0 saturated heterocycles. The third-order valence-corrected chi connectivity index (χ3v) is 3.55. The van der Waals surface area contributed by atoms with Gasteiger partial charge in [0.2, 0.25) is 0 Å². The van der Waals surface area contributed by atoms with Crippen LogP contribution in [0.2, 0.25) is 0 Å². The molecule has 0 radical (unpaired) electrons. The minimum absolute atomic E-state index is 0.105. The molecule has 0 aliphatic rings. The molecule has 0 aliphatic carbocycles. The molecule has 0 atom stereocenters. The summed E-state index contributed by atoms with van der Waals surface area (Å²) >= 11 is 4.72. The Labute approximate surface area is 147 Å². The minimum Gasteiger partial charge on any atom is -0.374 e. The van der Waals surface area contributed by atoms with Gasteiger partial charge in [0, 0.05) is 29.7 Å². The molecule has 3 N–H and O–H groups in total. The molecule has 124 valence electrons. The first-order chi connectivity index (χ1) is 12.1. The van der Waals surface area contributed by atoms with Crippen LogP contribution < -0.4 is 11.3 Å². The van der Waals surface area contributed by atoms with E-state index in [0.717, 1.165) is 10.2 Å². The van der Waals surface area contributed by atoms with Crippen LogP contribution >= 0.6 is 12.2 Å². The Balaban J connectivity index is 2.17. The van der Waals surface area contributed by atoms with Crippen molar-refractivity contribution in [2.45, 2.75) is 0 Å². The number of thiocarbonyl (C=S) groups is 1. The molecule has 0 amide bonds. The Bertz CT molecular complexity index is 1010. The summed E-state index contributed by atoms with van der Waals surface area (Å²) in [4.78, 5) is 33.0. The number of nitrogens with one attached hydrogen (secondary N) is 1. The second-order valence-corrected chi connectivity index (χ2v) is 5.46. The van der Waals surface area contributed by atoms with Crippen molar-refractivity contribution in [2.24, 2.45) is 10.7 Å². The van der Waals surface area contributed by atoms with Crippen LogP contribution in [-0.4, -0.2) is 32.0 Å². The lowest BCUT2D eigenvalue weighted by atomic mass is 10.1. The van der Waals surface area contributed by atoms with E-state index in [4.69, 9.17) is 18.0 Å². The minimum atomic E-state index is -0.541. The number of rotatable bonds is 3. The number of aliphatic imine (C=N–C) groups is 1. The van der Waals surface area contributed by atoms with Crippen LogP contribution in [0.15, 0.2) is 64.6 Å². The Kier molecular flexibility index (Phi) is 4.62. The molecule has 0 spiro atoms. The molecule has 0 bridgehead atoms. The first-order valence-electron chi connectivity index (χ1n) is 7.26. The zero-order valence-corrected chi connectivity index (χ0v) is 13.7. The van der Waals surface area contributed by atoms with Crippen LogP contribution in [-0.2, 0) is 0 Å². The number of H-pyrrole nitrogens is 1. The molecular weight excluding hydrogens is 338 g/mol. The van der Waals surface area contributed by atoms with Crippen molar-refractivity contribution in [1.29, 1.82) is 0 Å². The van der Waals surface area contributed by atoms with Crippen LogP contribution in [0.4, 0.5) is 0 Å². The van der Waals surface area contributed by atoms with E-state index in [1.54, 1.807) is 0 Å². The number of nitrogens with zero attached hydrogens (tertiary/aromatic N) is 3. The van der Waals surface area contributed by atoms with E-state index in [1.807, 2.05) is 30.3 Å². The van der Waals surface area contributed by atoms with Crippen molar-refractivity contribution in [3.05, 3.63) is 76.3 Å². The number of pyridine rings is 1. The summed E-state index contributed by atoms with van der Waals surface area (Å²) in [7, 11) is 0. The van der Waals surface area contributed by atoms with Crippen LogP contribution in [0.25, 0.3) is 11.3 Å². The highest BCUT2D eigenvalue weighted by Gasteiger charge is 2.19. The predicted octanol–water partition coefficient (Wildman–Crippen LogP) is 1.59. The van der Waals surface area contributed by atoms with Gasteiger partial charge in [0.1, 0.15) is 0 Å². The highest BCUT2D eigenvalue weighted by atomic mass is 32.1. The number of aromatic amines is 1. The number of benzene rings is 1. The average molecular weight is 351 g/mol. The first-order valence-corrected chi connectivity index (χ1v) is 7.67. The monoisotopic (exact) mass is 351 g/mol. The maximum atomic E-state index is 12.7. The molecule has 0 aliphatic heterocycles. The summed E-state index contributed by atoms with van der Waals surface area (Å²) in [6.07, 6.45) is 4.23. The largest absolute Gasteiger partial charge is 0.374 e. The van der Waals surface area contributed by atoms with Gasteiger partial charge in [-0.15, -0.1) is 0 Å². The summed E-state index contributed by atoms with van der Waals surface area (Å²) in [6, 6.07) is 12.2. The number of carbonyl (C=O) groups is 1. The Morgan fingerprint density at radius 2 is 1.88 bits per heavy atom. The van der Waals surface area contributed by atoms with E-state index < -0.39 is 11.5 Å². The molecule has 0 fully saturated rings. The lowest BCUT2D eigenvalue weighted by Crippen LogP contribution is -2.26. The molecule has 25 heavy (non-hydrogen) atoms. The van der Waals surface area contributed by atoms with Crippen molar-refractivity contribution >= 4 is 29.5 Å². The van der Waals surface area contributed by atoms with Crippen molar-refractivity contribution < 1.29 is 4.79 Å². The number of nitrogens with two attached hydrogens (primary N) is 1. The van der Waals surface area contributed by atoms with Gasteiger partial charge in [0.25, 0.3) is 11.5 Å². The van der Waals surface area contributed by atoms with Gasteiger partial charge in [0.05, 0.1) is 11.3 Å². The van der Waals surface area contributed by atoms with Crippen molar-refractivity contribution in [3.8, 4) is 11.3 Å². The van der Waals surface area contributed by atoms with Crippen LogP contribution in [0.5, 0.6) is 0 Å². The fraction of sp³-hybridized carbons (Fsp3) is 0. The van der Waals surface area contributed by atoms with Crippen LogP contribution in [0.1, 0.15) is 15.9 Å². The topological polar surface area (TPSA) is 106 Å². The summed E-state index contributed by atoms with van der Waals surface area (Å²) in [5.74, 6) is -0.500. The fourth-order valence-electron chi connectivity index (χ4n) is 2.29. The van der Waals surface area contributed by atoms with E-state index in [0.29, 0.717) is 11.3 Å². The number of aromatic nitrogens is 3. The highest BCUT2D eigenvalue weighted by molar-refractivity contribution is 7.80. The van der Waals surface area contributed by atoms with Crippen molar-refractivity contribution in [2.75, 3.05) is 0 Å². The lowest BCUT2D eigenvalue weighted by molar-refractivity contribution is 0.0941. The number of carbonyl (C=O) groups excluding carboxylic acids is 1. The third-order valence-electron chi connectivity index (χ3n) is 3.44. The van der Waals surface area contributed by atoms with E-state index >= 15 is 0 Å². The standard InChI is InChI=1S/C17H13N5O2S/c18-17(25)20-10-13-14(11-4-2-1-3-5-11)21-22(16(13)24)15(23)12-6-8-19-9-7-12/h1-10,21H,(H2,18,25)/b20-10+. The molecule has 1 aromatic carbocycles. The van der Waals surface area contributed by atoms with Crippen LogP contribution in [0, 0.1) is 0 Å². The summed E-state index contributed by atoms with van der Waals surface area (Å²) in [5, 5.41) is 2.74. The van der Waals surface area contributed by atoms with Gasteiger partial charge in [-0.1, -0.05) is 30.3 Å². The maximum Gasteiger partial charge on any atom is 0.283 e. The van der Waals surface area contributed by atoms with Gasteiger partial charge in [-0.05, 0) is 24.4 Å². The molecule has 2 aromatic heterocycles. The zero-order valence-electron chi connectivity index (χ0n) is 12.9. The summed E-state index contributed by atoms with van der Waals surface area (Å²) < 4.78 is 0.929. The Hall–Kier alpha value is -3.39. The average Bonchev–Trinajstić information content (AvgIpc) is 2.97. The molecule has 3 aromatic rings. The van der Waals surface area contributed by atoms with E-state index in [2.05, 4.69) is 15.1 Å². The molecular formula is C17H13N5O2S. The number of hydrogen-bond donors (Lipinski definition) is 2. The first kappa shape index (κ1) is 16.5. The smallest absolute Gasteiger partial charge is 0.283 e. The van der Waals surface area contributed by atoms with Crippen LogP contribution in [0.3, 0.4) is 0 Å². The normalized spacial score (nSPS) is 10.9. The number of hydrogen-bond acceptors (Lipinski definition) is 4. The van der Waals surface area contributed by atoms with Gasteiger partial charge >= 0.3 is 0 Å². The Morgan fingerprint density at radius 1 is 1.20 bits per heavy atom. The molecule has 7 nitrogen and oxygen atoms in total. The highest BCUT2D eigenvalue weighted by Crippen LogP contribution is 2.18. The van der Waals surface area contributed by atoms with Gasteiger partial charge in [0.15, 0.2) is 5.11 Å². The molecule has 2 heterocycles. The third kappa shape index (κ3) is 3.43. The van der Waals surface area contributed by atoms with E-state index in [1.165, 1.54) is 30.7 Å². The molecule has 0 unspecified atom stereocenters. The van der Waals surface area contributed by atoms with Gasteiger partial charge in [-0.2, -0.15) is 4.68 Å². The van der Waals surface area contributed by atoms with E-state index in [9.17, 15) is 9.59 Å². The van der Waals surface area contributed by atoms with Gasteiger partial charge in [-0.3, -0.25) is 19.7 Å². The zero-order chi connectivity index (χ0) is 17.8. The van der Waals surface area contributed by atoms with Crippen molar-refractivity contribution in [1.82, 2.24) is 14.8 Å². The SMILES string of the molecule is NC(=S)/N=C/c1c(-c2ccccc2)[nH]n(C(=O)c2ccncc2)c1=O. The predicted molar refractivity (Wildman–Crippen MR) is 98.8 cm³/mol. The summed E-state index contributed by atoms with van der Waals surface area (Å²) in [6.45, 7) is 0. The molecule has 8 heteroatoms. The molecule has 0 saturated carbocycles. The Morgan fingerprint density at radius 3 is 2.52 bits per heavy atom. The van der Waals surface area contributed by atoms with E-state index in [-0.39, 0.29) is 10.7 Å². The van der Waals surface area contributed by atoms with Gasteiger partial charge in [-0.25, -0.2) is 4.99 Å². The fourth-order valence-corrected chi connectivity index (χ4v) is 2.34. The quantitative estimate of drug-likeness (QED) is 0.550. The maximum absolute atomic E-state index is 12.7. The molecule has 3 rings (SSSR count). The van der Waals surface area contributed by atoms with Crippen molar-refractivity contribution in [3.63, 3.8) is 0 Å².